The average Bonchev–Trinajstić information content (AvgIpc) is 2.92. The van der Waals surface area contributed by atoms with Gasteiger partial charge in [-0.05, 0) is 43.6 Å². The van der Waals surface area contributed by atoms with E-state index in [0.717, 1.165) is 36.5 Å². The van der Waals surface area contributed by atoms with Crippen LogP contribution in [0.5, 0.6) is 5.75 Å². The van der Waals surface area contributed by atoms with E-state index in [0.29, 0.717) is 6.04 Å². The Morgan fingerprint density at radius 1 is 1.39 bits per heavy atom. The lowest BCUT2D eigenvalue weighted by molar-refractivity contribution is 0.0736. The molecule has 1 spiro atoms. The van der Waals surface area contributed by atoms with E-state index in [1.165, 1.54) is 16.7 Å². The minimum atomic E-state index is -0.106. The molecule has 2 bridgehead atoms. The van der Waals surface area contributed by atoms with Gasteiger partial charge in [0.15, 0.2) is 6.10 Å². The second-order valence-corrected chi connectivity index (χ2v) is 7.06. The van der Waals surface area contributed by atoms with E-state index in [-0.39, 0.29) is 18.1 Å². The number of piperidine rings is 1. The zero-order valence-corrected chi connectivity index (χ0v) is 13.5. The van der Waals surface area contributed by atoms with Crippen LogP contribution in [0, 0.1) is 0 Å². The van der Waals surface area contributed by atoms with Crippen molar-refractivity contribution in [2.24, 2.45) is 0 Å². The fourth-order valence-corrected chi connectivity index (χ4v) is 5.14. The molecular weight excluding hydrogens is 290 g/mol. The molecule has 120 valence electrons. The minimum Gasteiger partial charge on any atom is -0.497 e. The number of aliphatic hydroxyl groups excluding tert-OH is 1. The Balaban J connectivity index is 1.84. The smallest absolute Gasteiger partial charge is 0.169 e. The van der Waals surface area contributed by atoms with Gasteiger partial charge in [-0.15, -0.1) is 0 Å². The molecule has 4 nitrogen and oxygen atoms in total. The number of likely N-dealkylation sites (tertiary alicyclic amines) is 1. The predicted molar refractivity (Wildman–Crippen MR) is 86.4 cm³/mol. The molecule has 1 fully saturated rings. The van der Waals surface area contributed by atoms with Crippen LogP contribution < -0.4 is 4.74 Å². The first-order valence-corrected chi connectivity index (χ1v) is 8.30. The molecule has 1 unspecified atom stereocenters. The third-order valence-corrected chi connectivity index (χ3v) is 6.22. The molecule has 0 saturated carbocycles. The van der Waals surface area contributed by atoms with Crippen molar-refractivity contribution in [2.75, 3.05) is 20.7 Å². The summed E-state index contributed by atoms with van der Waals surface area (Å²) in [5.41, 5.74) is 4.92. The molecule has 23 heavy (non-hydrogen) atoms. The van der Waals surface area contributed by atoms with Crippen LogP contribution in [0.3, 0.4) is 0 Å². The van der Waals surface area contributed by atoms with Gasteiger partial charge in [0.1, 0.15) is 11.5 Å². The maximum Gasteiger partial charge on any atom is 0.169 e. The Hall–Kier alpha value is -1.78. The lowest BCUT2D eigenvalue weighted by atomic mass is 9.57. The van der Waals surface area contributed by atoms with Gasteiger partial charge in [0.25, 0.3) is 0 Å². The predicted octanol–water partition coefficient (Wildman–Crippen LogP) is 1.91. The minimum absolute atomic E-state index is 0.0137. The van der Waals surface area contributed by atoms with Gasteiger partial charge in [0.2, 0.25) is 0 Å². The van der Waals surface area contributed by atoms with Crippen molar-refractivity contribution in [3.05, 3.63) is 52.3 Å². The van der Waals surface area contributed by atoms with E-state index < -0.39 is 0 Å². The van der Waals surface area contributed by atoms with E-state index in [9.17, 15) is 5.11 Å². The first kappa shape index (κ1) is 13.6. The summed E-state index contributed by atoms with van der Waals surface area (Å²) < 4.78 is 12.1. The van der Waals surface area contributed by atoms with E-state index in [2.05, 4.69) is 30.2 Å². The number of aliphatic hydroxyl groups is 1. The summed E-state index contributed by atoms with van der Waals surface area (Å²) >= 11 is 0. The van der Waals surface area contributed by atoms with Crippen molar-refractivity contribution in [2.45, 2.75) is 37.0 Å². The van der Waals surface area contributed by atoms with E-state index in [1.807, 2.05) is 6.07 Å². The molecule has 0 amide bonds. The van der Waals surface area contributed by atoms with Crippen LogP contribution in [0.2, 0.25) is 0 Å². The maximum atomic E-state index is 9.75. The van der Waals surface area contributed by atoms with Gasteiger partial charge in [0.05, 0.1) is 19.1 Å². The molecule has 4 aliphatic rings. The number of methoxy groups -OCH3 is 1. The normalized spacial score (nSPS) is 33.5. The molecule has 2 heterocycles. The summed E-state index contributed by atoms with van der Waals surface area (Å²) in [5.74, 6) is 1.79. The van der Waals surface area contributed by atoms with Gasteiger partial charge in [-0.1, -0.05) is 18.2 Å². The first-order chi connectivity index (χ1) is 11.2. The highest BCUT2D eigenvalue weighted by Crippen LogP contribution is 2.61. The number of hydrogen-bond acceptors (Lipinski definition) is 4. The fourth-order valence-electron chi connectivity index (χ4n) is 5.14. The monoisotopic (exact) mass is 311 g/mol. The zero-order chi connectivity index (χ0) is 15.8. The highest BCUT2D eigenvalue weighted by Gasteiger charge is 2.61. The molecule has 0 aromatic heterocycles. The second-order valence-electron chi connectivity index (χ2n) is 7.06. The van der Waals surface area contributed by atoms with E-state index >= 15 is 0 Å². The summed E-state index contributed by atoms with van der Waals surface area (Å²) in [5, 5.41) is 9.75. The third kappa shape index (κ3) is 1.44. The highest BCUT2D eigenvalue weighted by molar-refractivity contribution is 5.65. The van der Waals surface area contributed by atoms with Crippen LogP contribution in [-0.4, -0.2) is 42.9 Å². The summed E-state index contributed by atoms with van der Waals surface area (Å²) in [6, 6.07) is 4.64. The number of benzene rings is 1. The van der Waals surface area contributed by atoms with E-state index in [1.54, 1.807) is 7.11 Å². The summed E-state index contributed by atoms with van der Waals surface area (Å²) in [7, 11) is 3.93. The van der Waals surface area contributed by atoms with Crippen molar-refractivity contribution in [1.82, 2.24) is 4.90 Å². The largest absolute Gasteiger partial charge is 0.497 e. The molecule has 1 aromatic carbocycles. The lowest BCUT2D eigenvalue weighted by Crippen LogP contribution is -2.58. The van der Waals surface area contributed by atoms with Gasteiger partial charge in [-0.25, -0.2) is 0 Å². The summed E-state index contributed by atoms with van der Waals surface area (Å²) in [6.45, 7) is 1.07. The van der Waals surface area contributed by atoms with Gasteiger partial charge < -0.3 is 14.6 Å². The van der Waals surface area contributed by atoms with Crippen LogP contribution in [0.4, 0.5) is 0 Å². The van der Waals surface area contributed by atoms with Crippen LogP contribution in [-0.2, 0) is 23.2 Å². The Bertz CT molecular complexity index is 766. The maximum absolute atomic E-state index is 9.75. The Morgan fingerprint density at radius 2 is 2.26 bits per heavy atom. The van der Waals surface area contributed by atoms with Gasteiger partial charge in [0, 0.05) is 17.2 Å². The average molecular weight is 311 g/mol. The SMILES string of the molecule is COC1=CC=C2[C@H]3Cc4ccc(CO)c5c4[C@@]2(CCN3C)C1O5. The topological polar surface area (TPSA) is 41.9 Å². The number of allylic oxidation sites excluding steroid dienone is 2. The molecule has 1 aromatic rings. The molecule has 5 rings (SSSR count). The third-order valence-electron chi connectivity index (χ3n) is 6.22. The summed E-state index contributed by atoms with van der Waals surface area (Å²) in [4.78, 5) is 2.46. The van der Waals surface area contributed by atoms with Crippen LogP contribution >= 0.6 is 0 Å². The van der Waals surface area contributed by atoms with E-state index in [4.69, 9.17) is 9.47 Å². The quantitative estimate of drug-likeness (QED) is 0.906. The second kappa shape index (κ2) is 4.40. The van der Waals surface area contributed by atoms with Crippen molar-refractivity contribution in [3.8, 4) is 5.75 Å². The van der Waals surface area contributed by atoms with Crippen LogP contribution in [0.15, 0.2) is 35.6 Å². The molecule has 0 radical (unpaired) electrons. The Kier molecular flexibility index (Phi) is 2.61. The number of ether oxygens (including phenoxy) is 2. The van der Waals surface area contributed by atoms with Crippen LogP contribution in [0.1, 0.15) is 23.1 Å². The fraction of sp³-hybridized carbons (Fsp3) is 0.474. The van der Waals surface area contributed by atoms with Crippen LogP contribution in [0.25, 0.3) is 0 Å². The Morgan fingerprint density at radius 3 is 3.04 bits per heavy atom. The van der Waals surface area contributed by atoms with Crippen molar-refractivity contribution < 1.29 is 14.6 Å². The molecule has 2 aliphatic carbocycles. The van der Waals surface area contributed by atoms with Crippen molar-refractivity contribution >= 4 is 0 Å². The molecular formula is C19H21NO3. The van der Waals surface area contributed by atoms with Gasteiger partial charge in [-0.3, -0.25) is 4.90 Å². The number of likely N-dealkylation sites (N-methyl/N-ethyl adjacent to an activating group) is 1. The number of nitrogens with zero attached hydrogens (tertiary/aromatic N) is 1. The standard InChI is InChI=1S/C19H21NO3/c1-20-8-7-19-13-5-6-15(22-2)18(19)23-17-12(10-21)4-3-11(16(17)19)9-14(13)20/h3-6,14,18,21H,7-10H2,1-2H3/t14-,18?,19+/m1/s1. The molecule has 4 heteroatoms. The molecule has 3 atom stereocenters. The zero-order valence-electron chi connectivity index (χ0n) is 13.5. The molecule has 1 N–H and O–H groups in total. The first-order valence-electron chi connectivity index (χ1n) is 8.30. The van der Waals surface area contributed by atoms with Gasteiger partial charge in [-0.2, -0.15) is 0 Å². The van der Waals surface area contributed by atoms with Crippen molar-refractivity contribution in [3.63, 3.8) is 0 Å². The molecule has 2 aliphatic heterocycles. The lowest BCUT2D eigenvalue weighted by Gasteiger charge is -2.52. The highest BCUT2D eigenvalue weighted by atomic mass is 16.5. The summed E-state index contributed by atoms with van der Waals surface area (Å²) in [6.07, 6.45) is 6.28. The number of rotatable bonds is 2. The Labute approximate surface area is 136 Å². The van der Waals surface area contributed by atoms with Gasteiger partial charge >= 0.3 is 0 Å². The number of hydrogen-bond donors (Lipinski definition) is 1. The van der Waals surface area contributed by atoms with Crippen molar-refractivity contribution in [1.29, 1.82) is 0 Å². The molecule has 1 saturated heterocycles.